The molecule has 0 unspecified atom stereocenters. The van der Waals surface area contributed by atoms with Crippen LogP contribution in [0.15, 0.2) is 12.3 Å². The van der Waals surface area contributed by atoms with E-state index in [1.54, 1.807) is 27.7 Å². The van der Waals surface area contributed by atoms with E-state index in [1.807, 2.05) is 0 Å². The summed E-state index contributed by atoms with van der Waals surface area (Å²) in [6.07, 6.45) is -2.34. The number of hydrogen-bond donors (Lipinski definition) is 2. The minimum atomic E-state index is -1.51. The normalized spacial score (nSPS) is 22.2. The van der Waals surface area contributed by atoms with Gasteiger partial charge in [0, 0.05) is 12.3 Å². The zero-order chi connectivity index (χ0) is 27.9. The van der Waals surface area contributed by atoms with Crippen molar-refractivity contribution in [1.29, 1.82) is 0 Å². The Kier molecular flexibility index (Phi) is 10.2. The van der Waals surface area contributed by atoms with Gasteiger partial charge in [0.15, 0.2) is 29.3 Å². The maximum atomic E-state index is 13.0. The van der Waals surface area contributed by atoms with Gasteiger partial charge in [-0.25, -0.2) is 9.78 Å². The number of methoxy groups -OCH3 is 1. The fourth-order valence-electron chi connectivity index (χ4n) is 3.37. The van der Waals surface area contributed by atoms with Crippen molar-refractivity contribution >= 4 is 29.8 Å². The summed E-state index contributed by atoms with van der Waals surface area (Å²) < 4.78 is 26.2. The molecule has 2 heterocycles. The lowest BCUT2D eigenvalue weighted by Crippen LogP contribution is -2.47. The maximum Gasteiger partial charge on any atom is 0.332 e. The van der Waals surface area contributed by atoms with Crippen LogP contribution in [-0.2, 0) is 38.1 Å². The summed E-state index contributed by atoms with van der Waals surface area (Å²) in [6, 6.07) is -0.179. The van der Waals surface area contributed by atoms with Crippen molar-refractivity contribution in [1.82, 2.24) is 10.3 Å². The summed E-state index contributed by atoms with van der Waals surface area (Å²) in [7, 11) is 1.28. The third-order valence-electron chi connectivity index (χ3n) is 5.25. The van der Waals surface area contributed by atoms with E-state index in [2.05, 4.69) is 10.3 Å². The highest BCUT2D eigenvalue weighted by Gasteiger charge is 2.43. The van der Waals surface area contributed by atoms with Crippen LogP contribution in [0.2, 0.25) is 0 Å². The maximum absolute atomic E-state index is 13.0. The summed E-state index contributed by atoms with van der Waals surface area (Å²) in [5.74, 6) is -6.89. The molecule has 1 fully saturated rings. The molecule has 13 nitrogen and oxygen atoms in total. The summed E-state index contributed by atoms with van der Waals surface area (Å²) in [5.41, 5.74) is -0.440. The first kappa shape index (κ1) is 29.3. The standard InChI is InChI=1S/C24H32N2O11/c1-11(2)22(30)37-20-13(5)36-24(32)15(10-34-23(31)14(20)9-17(27)35-12(3)4)26-21(29)18-19(28)16(33-6)7-8-25-18/h7-8,11-15,20,28H,9-10H2,1-6H3,(H,26,29)/t13-,14+,15-,20-/m0/s1. The van der Waals surface area contributed by atoms with Gasteiger partial charge in [0.1, 0.15) is 18.6 Å². The molecule has 4 atom stereocenters. The molecule has 0 spiro atoms. The Morgan fingerprint density at radius 1 is 1.19 bits per heavy atom. The zero-order valence-electron chi connectivity index (χ0n) is 21.5. The highest BCUT2D eigenvalue weighted by molar-refractivity contribution is 5.98. The van der Waals surface area contributed by atoms with Crippen molar-refractivity contribution < 1.29 is 52.8 Å². The van der Waals surface area contributed by atoms with Crippen molar-refractivity contribution in [3.05, 3.63) is 18.0 Å². The number of carbonyl (C=O) groups is 5. The monoisotopic (exact) mass is 524 g/mol. The van der Waals surface area contributed by atoms with E-state index in [1.165, 1.54) is 26.3 Å². The molecule has 1 amide bonds. The summed E-state index contributed by atoms with van der Waals surface area (Å²) in [5, 5.41) is 12.5. The average molecular weight is 525 g/mol. The highest BCUT2D eigenvalue weighted by Crippen LogP contribution is 2.28. The molecule has 0 aromatic carbocycles. The number of cyclic esters (lactones) is 2. The molecular weight excluding hydrogens is 492 g/mol. The van der Waals surface area contributed by atoms with Crippen LogP contribution in [0.25, 0.3) is 0 Å². The summed E-state index contributed by atoms with van der Waals surface area (Å²) in [6.45, 7) is 7.11. The number of rotatable bonds is 8. The quantitative estimate of drug-likeness (QED) is 0.363. The first-order chi connectivity index (χ1) is 17.3. The smallest absolute Gasteiger partial charge is 0.332 e. The second-order valence-corrected chi connectivity index (χ2v) is 8.91. The number of nitrogens with zero attached hydrogens (tertiary/aromatic N) is 1. The van der Waals surface area contributed by atoms with Crippen molar-refractivity contribution in [2.45, 2.75) is 65.4 Å². The molecule has 1 aromatic heterocycles. The van der Waals surface area contributed by atoms with Gasteiger partial charge in [-0.05, 0) is 20.8 Å². The van der Waals surface area contributed by atoms with Gasteiger partial charge < -0.3 is 34.1 Å². The lowest BCUT2D eigenvalue weighted by molar-refractivity contribution is -0.179. The average Bonchev–Trinajstić information content (AvgIpc) is 2.85. The largest absolute Gasteiger partial charge is 0.503 e. The molecule has 0 radical (unpaired) electrons. The lowest BCUT2D eigenvalue weighted by Gasteiger charge is -2.29. The first-order valence-corrected chi connectivity index (χ1v) is 11.7. The number of ether oxygens (including phenoxy) is 5. The molecule has 2 N–H and O–H groups in total. The molecular formula is C24H32N2O11. The first-order valence-electron chi connectivity index (χ1n) is 11.7. The number of aromatic nitrogens is 1. The Hall–Kier alpha value is -3.90. The number of carbonyl (C=O) groups excluding carboxylic acids is 5. The fourth-order valence-corrected chi connectivity index (χ4v) is 3.37. The van der Waals surface area contributed by atoms with Gasteiger partial charge in [0.2, 0.25) is 0 Å². The molecule has 37 heavy (non-hydrogen) atoms. The molecule has 1 aliphatic heterocycles. The van der Waals surface area contributed by atoms with E-state index in [-0.39, 0.29) is 5.75 Å². The van der Waals surface area contributed by atoms with Crippen LogP contribution in [0.3, 0.4) is 0 Å². The van der Waals surface area contributed by atoms with Crippen LogP contribution < -0.4 is 10.1 Å². The topological polar surface area (TPSA) is 177 Å². The third-order valence-corrected chi connectivity index (χ3v) is 5.25. The molecule has 0 saturated carbocycles. The van der Waals surface area contributed by atoms with Crippen LogP contribution in [0.4, 0.5) is 0 Å². The number of hydrogen-bond acceptors (Lipinski definition) is 12. The minimum Gasteiger partial charge on any atom is -0.503 e. The SMILES string of the molecule is COc1ccnc(C(=O)N[C@H]2COC(=O)[C@H](CC(=O)OC(C)C)[C@@H](OC(=O)C(C)C)[C@H](C)OC2=O)c1O. The van der Waals surface area contributed by atoms with Gasteiger partial charge in [-0.3, -0.25) is 19.2 Å². The molecule has 1 saturated heterocycles. The summed E-state index contributed by atoms with van der Waals surface area (Å²) in [4.78, 5) is 67.1. The summed E-state index contributed by atoms with van der Waals surface area (Å²) >= 11 is 0. The van der Waals surface area contributed by atoms with Crippen molar-refractivity contribution in [2.75, 3.05) is 13.7 Å². The fraction of sp³-hybridized carbons (Fsp3) is 0.583. The van der Waals surface area contributed by atoms with Gasteiger partial charge >= 0.3 is 23.9 Å². The minimum absolute atomic E-state index is 0.0248. The van der Waals surface area contributed by atoms with E-state index in [0.717, 1.165) is 0 Å². The zero-order valence-corrected chi connectivity index (χ0v) is 21.5. The van der Waals surface area contributed by atoms with Crippen LogP contribution in [0.5, 0.6) is 11.5 Å². The highest BCUT2D eigenvalue weighted by atomic mass is 16.6. The molecule has 204 valence electrons. The van der Waals surface area contributed by atoms with Gasteiger partial charge in [-0.1, -0.05) is 13.8 Å². The van der Waals surface area contributed by atoms with Gasteiger partial charge in [0.25, 0.3) is 5.91 Å². The third kappa shape index (κ3) is 7.79. The second kappa shape index (κ2) is 12.9. The Balaban J connectivity index is 2.33. The van der Waals surface area contributed by atoms with Gasteiger partial charge in [-0.15, -0.1) is 0 Å². The Morgan fingerprint density at radius 3 is 2.46 bits per heavy atom. The van der Waals surface area contributed by atoms with E-state index in [9.17, 15) is 29.1 Å². The van der Waals surface area contributed by atoms with Crippen molar-refractivity contribution in [2.24, 2.45) is 11.8 Å². The number of aromatic hydroxyl groups is 1. The van der Waals surface area contributed by atoms with Crippen molar-refractivity contribution in [3.8, 4) is 11.5 Å². The Bertz CT molecular complexity index is 1020. The lowest BCUT2D eigenvalue weighted by atomic mass is 9.94. The van der Waals surface area contributed by atoms with E-state index in [0.29, 0.717) is 0 Å². The van der Waals surface area contributed by atoms with Crippen LogP contribution in [-0.4, -0.2) is 77.9 Å². The molecule has 0 bridgehead atoms. The number of esters is 4. The predicted octanol–water partition coefficient (Wildman–Crippen LogP) is 0.908. The molecule has 0 aliphatic carbocycles. The Morgan fingerprint density at radius 2 is 1.86 bits per heavy atom. The van der Waals surface area contributed by atoms with Crippen LogP contribution in [0, 0.1) is 11.8 Å². The molecule has 1 aromatic rings. The number of nitrogens with one attached hydrogen (secondary N) is 1. The molecule has 13 heteroatoms. The second-order valence-electron chi connectivity index (χ2n) is 8.91. The van der Waals surface area contributed by atoms with E-state index in [4.69, 9.17) is 23.7 Å². The molecule has 2 rings (SSSR count). The Labute approximate surface area is 213 Å². The number of pyridine rings is 1. The van der Waals surface area contributed by atoms with Crippen LogP contribution in [0.1, 0.15) is 51.5 Å². The van der Waals surface area contributed by atoms with Gasteiger partial charge in [0.05, 0.1) is 25.6 Å². The van der Waals surface area contributed by atoms with E-state index < -0.39 is 90.4 Å². The van der Waals surface area contributed by atoms with Crippen LogP contribution >= 0.6 is 0 Å². The predicted molar refractivity (Wildman–Crippen MR) is 124 cm³/mol. The van der Waals surface area contributed by atoms with E-state index >= 15 is 0 Å². The molecule has 1 aliphatic rings. The van der Waals surface area contributed by atoms with Gasteiger partial charge in [-0.2, -0.15) is 0 Å². The number of amides is 1. The van der Waals surface area contributed by atoms with Crippen molar-refractivity contribution in [3.63, 3.8) is 0 Å².